The average Bonchev–Trinajstić information content (AvgIpc) is 3.14. The Hall–Kier alpha value is -3.41. The van der Waals surface area contributed by atoms with Gasteiger partial charge in [-0.05, 0) is 42.5 Å². The molecule has 152 valence electrons. The summed E-state index contributed by atoms with van der Waals surface area (Å²) in [6.45, 7) is 0. The zero-order chi connectivity index (χ0) is 21.0. The molecule has 0 bridgehead atoms. The number of benzene rings is 2. The summed E-state index contributed by atoms with van der Waals surface area (Å²) in [5, 5.41) is 23.2. The van der Waals surface area contributed by atoms with Gasteiger partial charge in [0.2, 0.25) is 0 Å². The molecule has 29 heavy (non-hydrogen) atoms. The van der Waals surface area contributed by atoms with E-state index in [9.17, 15) is 18.4 Å². The molecule has 0 aliphatic rings. The van der Waals surface area contributed by atoms with Gasteiger partial charge in [-0.25, -0.2) is 14.9 Å². The Morgan fingerprint density at radius 1 is 1.14 bits per heavy atom. The van der Waals surface area contributed by atoms with Crippen molar-refractivity contribution < 1.29 is 33.1 Å². The van der Waals surface area contributed by atoms with Crippen LogP contribution in [0.2, 0.25) is 0 Å². The van der Waals surface area contributed by atoms with E-state index in [1.54, 1.807) is 18.2 Å². The molecule has 2 N–H and O–H groups in total. The van der Waals surface area contributed by atoms with E-state index < -0.39 is 11.6 Å². The van der Waals surface area contributed by atoms with Crippen molar-refractivity contribution in [1.82, 2.24) is 14.8 Å². The van der Waals surface area contributed by atoms with E-state index in [1.165, 1.54) is 54.5 Å². The first-order chi connectivity index (χ1) is 13.7. The van der Waals surface area contributed by atoms with Crippen molar-refractivity contribution in [1.29, 1.82) is 0 Å². The summed E-state index contributed by atoms with van der Waals surface area (Å²) >= 11 is 0. The number of ether oxygens (including phenoxy) is 2. The van der Waals surface area contributed by atoms with Crippen molar-refractivity contribution in [3.63, 3.8) is 0 Å². The Bertz CT molecular complexity index is 1000. The third-order valence-corrected chi connectivity index (χ3v) is 3.74. The van der Waals surface area contributed by atoms with Crippen LogP contribution in [0.1, 0.15) is 11.4 Å². The molecule has 8 nitrogen and oxygen atoms in total. The molecule has 0 spiro atoms. The van der Waals surface area contributed by atoms with Gasteiger partial charge in [-0.2, -0.15) is 5.23 Å². The Balaban J connectivity index is 1.75. The quantitative estimate of drug-likeness (QED) is 0.609. The van der Waals surface area contributed by atoms with Gasteiger partial charge in [0.15, 0.2) is 11.5 Å². The summed E-state index contributed by atoms with van der Waals surface area (Å²) in [5.74, 6) is 0.379. The number of nitrogens with zero attached hydrogens (tertiary/aromatic N) is 3. The minimum atomic E-state index is -4.75. The fraction of sp³-hybridized carbons (Fsp3) is 0.111. The van der Waals surface area contributed by atoms with E-state index in [0.29, 0.717) is 22.8 Å². The number of quaternary nitrogens is 1. The van der Waals surface area contributed by atoms with Gasteiger partial charge < -0.3 is 14.7 Å². The smallest absolute Gasteiger partial charge is 0.573 e. The molecule has 11 heteroatoms. The predicted octanol–water partition coefficient (Wildman–Crippen LogP) is 2.75. The number of methoxy groups -OCH3 is 1. The maximum absolute atomic E-state index is 12.2. The Morgan fingerprint density at radius 3 is 2.48 bits per heavy atom. The van der Waals surface area contributed by atoms with Crippen LogP contribution in [0.3, 0.4) is 0 Å². The second-order valence-electron chi connectivity index (χ2n) is 5.68. The highest BCUT2D eigenvalue weighted by Crippen LogP contribution is 2.24. The standard InChI is InChI=1S/C18H15F3N4O4/c1-28-16-10-14(25(26)27)4-2-12(16)3-9-17-22-11-24(23-17)13-5-7-15(8-6-13)29-18(19,20)21/h2-11,25-26H,1H3/b9-3+. The van der Waals surface area contributed by atoms with E-state index in [0.717, 1.165) is 0 Å². The zero-order valence-corrected chi connectivity index (χ0v) is 14.9. The van der Waals surface area contributed by atoms with Crippen molar-refractivity contribution in [2.24, 2.45) is 0 Å². The fourth-order valence-corrected chi connectivity index (χ4v) is 2.42. The molecule has 0 saturated carbocycles. The molecular weight excluding hydrogens is 393 g/mol. The van der Waals surface area contributed by atoms with Gasteiger partial charge in [0.05, 0.1) is 12.8 Å². The first-order valence-corrected chi connectivity index (χ1v) is 8.12. The second kappa shape index (κ2) is 8.31. The van der Waals surface area contributed by atoms with E-state index in [4.69, 9.17) is 9.94 Å². The highest BCUT2D eigenvalue weighted by Gasteiger charge is 2.30. The number of alkyl halides is 3. The SMILES string of the molecule is COc1cc([NH+]([O-])O)ccc1/C=C/c1ncn(-c2ccc(OC(F)(F)F)cc2)n1. The van der Waals surface area contributed by atoms with Crippen LogP contribution in [0.15, 0.2) is 48.8 Å². The number of hydrogen-bond donors (Lipinski definition) is 2. The lowest BCUT2D eigenvalue weighted by molar-refractivity contribution is -0.991. The maximum atomic E-state index is 12.2. The molecule has 3 aromatic rings. The molecule has 1 unspecified atom stereocenters. The number of hydrogen-bond acceptors (Lipinski definition) is 6. The molecule has 0 aliphatic carbocycles. The molecule has 1 heterocycles. The number of rotatable bonds is 6. The van der Waals surface area contributed by atoms with Crippen LogP contribution < -0.4 is 14.7 Å². The van der Waals surface area contributed by atoms with Crippen molar-refractivity contribution >= 4 is 17.8 Å². The summed E-state index contributed by atoms with van der Waals surface area (Å²) in [7, 11) is 1.43. The van der Waals surface area contributed by atoms with E-state index >= 15 is 0 Å². The van der Waals surface area contributed by atoms with Crippen molar-refractivity contribution in [2.45, 2.75) is 6.36 Å². The molecule has 0 amide bonds. The van der Waals surface area contributed by atoms with Crippen LogP contribution in [0, 0.1) is 5.21 Å². The Kier molecular flexibility index (Phi) is 5.82. The molecular formula is C18H15F3N4O4. The van der Waals surface area contributed by atoms with Crippen LogP contribution >= 0.6 is 0 Å². The average molecular weight is 408 g/mol. The number of halogens is 3. The van der Waals surface area contributed by atoms with E-state index in [2.05, 4.69) is 14.8 Å². The van der Waals surface area contributed by atoms with Gasteiger partial charge in [0.25, 0.3) is 0 Å². The number of nitrogens with one attached hydrogen (secondary N) is 1. The topological polar surface area (TPSA) is 96.9 Å². The first-order valence-electron chi connectivity index (χ1n) is 8.12. The van der Waals surface area contributed by atoms with Crippen molar-refractivity contribution in [3.05, 3.63) is 65.4 Å². The predicted molar refractivity (Wildman–Crippen MR) is 95.7 cm³/mol. The van der Waals surface area contributed by atoms with E-state index in [1.807, 2.05) is 0 Å². The molecule has 0 fully saturated rings. The van der Waals surface area contributed by atoms with Crippen LogP contribution in [0.25, 0.3) is 17.8 Å². The lowest BCUT2D eigenvalue weighted by atomic mass is 10.1. The molecule has 2 aromatic carbocycles. The van der Waals surface area contributed by atoms with Crippen molar-refractivity contribution in [3.8, 4) is 17.2 Å². The number of aromatic nitrogens is 3. The lowest BCUT2D eigenvalue weighted by Crippen LogP contribution is -2.99. The minimum Gasteiger partial charge on any atom is -0.595 e. The highest BCUT2D eigenvalue weighted by molar-refractivity contribution is 5.71. The Morgan fingerprint density at radius 2 is 1.86 bits per heavy atom. The fourth-order valence-electron chi connectivity index (χ4n) is 2.42. The normalized spacial score (nSPS) is 12.9. The lowest BCUT2D eigenvalue weighted by Gasteiger charge is -2.13. The molecule has 0 saturated heterocycles. The summed E-state index contributed by atoms with van der Waals surface area (Å²) in [4.78, 5) is 4.11. The van der Waals surface area contributed by atoms with Gasteiger partial charge in [-0.1, -0.05) is 0 Å². The third kappa shape index (κ3) is 5.31. The first kappa shape index (κ1) is 20.3. The van der Waals surface area contributed by atoms with Gasteiger partial charge in [0.1, 0.15) is 17.8 Å². The highest BCUT2D eigenvalue weighted by atomic mass is 19.4. The van der Waals surface area contributed by atoms with Crippen molar-refractivity contribution in [2.75, 3.05) is 7.11 Å². The van der Waals surface area contributed by atoms with Crippen LogP contribution in [0.5, 0.6) is 11.5 Å². The van der Waals surface area contributed by atoms with Gasteiger partial charge in [0, 0.05) is 17.7 Å². The molecule has 0 radical (unpaired) electrons. The molecule has 1 atom stereocenters. The molecule has 3 rings (SSSR count). The maximum Gasteiger partial charge on any atom is 0.573 e. The van der Waals surface area contributed by atoms with E-state index in [-0.39, 0.29) is 11.4 Å². The Labute approximate surface area is 162 Å². The second-order valence-corrected chi connectivity index (χ2v) is 5.68. The van der Waals surface area contributed by atoms with Crippen LogP contribution in [0.4, 0.5) is 18.9 Å². The van der Waals surface area contributed by atoms with Gasteiger partial charge >= 0.3 is 6.36 Å². The summed E-state index contributed by atoms with van der Waals surface area (Å²) in [5.41, 5.74) is 1.22. The zero-order valence-electron chi connectivity index (χ0n) is 14.9. The largest absolute Gasteiger partial charge is 0.595 e. The van der Waals surface area contributed by atoms with Gasteiger partial charge in [-0.15, -0.1) is 18.3 Å². The van der Waals surface area contributed by atoms with Crippen LogP contribution in [-0.4, -0.2) is 33.4 Å². The monoisotopic (exact) mass is 408 g/mol. The summed E-state index contributed by atoms with van der Waals surface area (Å²) < 4.78 is 47.0. The molecule has 1 aromatic heterocycles. The third-order valence-electron chi connectivity index (χ3n) is 3.74. The molecule has 0 aliphatic heterocycles. The van der Waals surface area contributed by atoms with Crippen LogP contribution in [-0.2, 0) is 0 Å². The summed E-state index contributed by atoms with van der Waals surface area (Å²) in [6.07, 6.45) is -0.0964. The van der Waals surface area contributed by atoms with Gasteiger partial charge in [-0.3, -0.25) is 0 Å². The summed E-state index contributed by atoms with van der Waals surface area (Å²) in [6, 6.07) is 9.62. The minimum absolute atomic E-state index is 0.0966.